The number of rotatable bonds is 2. The maximum Gasteiger partial charge on any atom is 0.359 e. The van der Waals surface area contributed by atoms with Crippen molar-refractivity contribution in [2.75, 3.05) is 5.52 Å². The Bertz CT molecular complexity index is 502. The quantitative estimate of drug-likeness (QED) is 0.618. The summed E-state index contributed by atoms with van der Waals surface area (Å²) in [6.07, 6.45) is 1.41. The Balaban J connectivity index is 2.42. The van der Waals surface area contributed by atoms with Gasteiger partial charge in [-0.15, -0.1) is 0 Å². The number of halogens is 1. The van der Waals surface area contributed by atoms with E-state index in [1.54, 1.807) is 6.07 Å². The highest BCUT2D eigenvalue weighted by molar-refractivity contribution is 9.09. The van der Waals surface area contributed by atoms with Crippen molar-refractivity contribution in [2.24, 2.45) is 0 Å². The van der Waals surface area contributed by atoms with E-state index in [1.165, 1.54) is 6.20 Å². The third-order valence-electron chi connectivity index (χ3n) is 1.84. The summed E-state index contributed by atoms with van der Waals surface area (Å²) < 4.78 is 4.75. The second kappa shape index (κ2) is 4.35. The molecule has 0 amide bonds. The summed E-state index contributed by atoms with van der Waals surface area (Å²) >= 11 is 3.01. The lowest BCUT2D eigenvalue weighted by Crippen LogP contribution is -2.06. The molecule has 0 saturated carbocycles. The molecule has 0 spiro atoms. The maximum atomic E-state index is 11.3. The van der Waals surface area contributed by atoms with Crippen LogP contribution in [0.25, 0.3) is 11.0 Å². The molecular formula is C10H7BrN2O2. The van der Waals surface area contributed by atoms with Crippen LogP contribution in [0.3, 0.4) is 0 Å². The zero-order valence-electron chi connectivity index (χ0n) is 7.68. The lowest BCUT2D eigenvalue weighted by atomic mass is 10.3. The number of ether oxygens (including phenoxy) is 1. The average Bonchev–Trinajstić information content (AvgIpc) is 2.29. The van der Waals surface area contributed by atoms with Gasteiger partial charge in [-0.3, -0.25) is 4.98 Å². The molecule has 0 saturated heterocycles. The highest BCUT2D eigenvalue weighted by Gasteiger charge is 2.09. The molecule has 5 heteroatoms. The molecule has 1 aromatic carbocycles. The molecule has 0 aliphatic rings. The van der Waals surface area contributed by atoms with Crippen LogP contribution in [-0.4, -0.2) is 21.5 Å². The summed E-state index contributed by atoms with van der Waals surface area (Å²) in [6.45, 7) is 0. The van der Waals surface area contributed by atoms with Crippen LogP contribution in [-0.2, 0) is 4.74 Å². The zero-order chi connectivity index (χ0) is 10.7. The van der Waals surface area contributed by atoms with Crippen LogP contribution in [0.4, 0.5) is 0 Å². The van der Waals surface area contributed by atoms with Crippen molar-refractivity contribution in [1.29, 1.82) is 0 Å². The van der Waals surface area contributed by atoms with Gasteiger partial charge >= 0.3 is 5.97 Å². The Kier molecular flexibility index (Phi) is 2.91. The van der Waals surface area contributed by atoms with Gasteiger partial charge in [0.05, 0.1) is 17.2 Å². The minimum absolute atomic E-state index is 0.153. The third-order valence-corrected chi connectivity index (χ3v) is 2.07. The van der Waals surface area contributed by atoms with E-state index in [2.05, 4.69) is 25.9 Å². The minimum atomic E-state index is -0.481. The van der Waals surface area contributed by atoms with Crippen LogP contribution in [0.15, 0.2) is 30.5 Å². The number of esters is 1. The number of carbonyl (C=O) groups excluding carboxylic acids is 1. The van der Waals surface area contributed by atoms with Crippen molar-refractivity contribution in [3.05, 3.63) is 36.2 Å². The molecule has 2 aromatic rings. The van der Waals surface area contributed by atoms with Gasteiger partial charge in [0.2, 0.25) is 0 Å². The summed E-state index contributed by atoms with van der Waals surface area (Å²) in [4.78, 5) is 19.6. The number of alkyl halides is 1. The summed E-state index contributed by atoms with van der Waals surface area (Å²) in [5.74, 6) is -0.481. The zero-order valence-corrected chi connectivity index (χ0v) is 9.27. The molecule has 4 nitrogen and oxygen atoms in total. The summed E-state index contributed by atoms with van der Waals surface area (Å²) in [5.41, 5.74) is 1.81. The van der Waals surface area contributed by atoms with E-state index in [0.29, 0.717) is 5.52 Å². The van der Waals surface area contributed by atoms with Gasteiger partial charge in [0, 0.05) is 0 Å². The highest BCUT2D eigenvalue weighted by atomic mass is 79.9. The average molecular weight is 267 g/mol. The van der Waals surface area contributed by atoms with Crippen molar-refractivity contribution in [2.45, 2.75) is 0 Å². The maximum absolute atomic E-state index is 11.3. The number of carbonyl (C=O) groups is 1. The normalized spacial score (nSPS) is 10.2. The molecule has 0 fully saturated rings. The molecule has 0 radical (unpaired) electrons. The van der Waals surface area contributed by atoms with Gasteiger partial charge in [-0.25, -0.2) is 9.78 Å². The molecule has 1 aromatic heterocycles. The topological polar surface area (TPSA) is 52.1 Å². The first kappa shape index (κ1) is 10.0. The number of hydrogen-bond acceptors (Lipinski definition) is 4. The lowest BCUT2D eigenvalue weighted by Gasteiger charge is -2.00. The van der Waals surface area contributed by atoms with E-state index in [9.17, 15) is 4.79 Å². The van der Waals surface area contributed by atoms with Crippen molar-refractivity contribution in [3.63, 3.8) is 0 Å². The van der Waals surface area contributed by atoms with Gasteiger partial charge in [-0.05, 0) is 28.1 Å². The number of aromatic nitrogens is 2. The van der Waals surface area contributed by atoms with E-state index in [0.717, 1.165) is 5.52 Å². The summed E-state index contributed by atoms with van der Waals surface area (Å²) in [6, 6.07) is 7.35. The monoisotopic (exact) mass is 266 g/mol. The first-order valence-corrected chi connectivity index (χ1v) is 5.38. The molecule has 0 atom stereocenters. The lowest BCUT2D eigenvalue weighted by molar-refractivity contribution is 0.0577. The van der Waals surface area contributed by atoms with Gasteiger partial charge in [-0.1, -0.05) is 12.1 Å². The standard InChI is InChI=1S/C10H7BrN2O2/c11-6-15-10(14)9-5-12-7-3-1-2-4-8(7)13-9/h1-5H,6H2. The molecule has 0 aliphatic carbocycles. The van der Waals surface area contributed by atoms with Crippen LogP contribution < -0.4 is 0 Å². The van der Waals surface area contributed by atoms with Gasteiger partial charge in [-0.2, -0.15) is 0 Å². The second-order valence-electron chi connectivity index (χ2n) is 2.78. The molecule has 0 aliphatic heterocycles. The van der Waals surface area contributed by atoms with E-state index in [4.69, 9.17) is 4.74 Å². The van der Waals surface area contributed by atoms with Gasteiger partial charge in [0.25, 0.3) is 0 Å². The van der Waals surface area contributed by atoms with E-state index in [1.807, 2.05) is 18.2 Å². The first-order chi connectivity index (χ1) is 7.31. The molecule has 0 N–H and O–H groups in total. The Morgan fingerprint density at radius 1 is 1.33 bits per heavy atom. The Morgan fingerprint density at radius 2 is 2.07 bits per heavy atom. The first-order valence-electron chi connectivity index (χ1n) is 4.26. The molecule has 15 heavy (non-hydrogen) atoms. The third kappa shape index (κ3) is 2.12. The fourth-order valence-corrected chi connectivity index (χ4v) is 1.39. The Labute approximate surface area is 94.4 Å². The summed E-state index contributed by atoms with van der Waals surface area (Å²) in [5, 5.41) is 0. The minimum Gasteiger partial charge on any atom is -0.449 e. The molecule has 76 valence electrons. The van der Waals surface area contributed by atoms with Crippen molar-refractivity contribution in [1.82, 2.24) is 9.97 Å². The smallest absolute Gasteiger partial charge is 0.359 e. The van der Waals surface area contributed by atoms with Gasteiger partial charge in [0.1, 0.15) is 5.52 Å². The number of benzene rings is 1. The fraction of sp³-hybridized carbons (Fsp3) is 0.100. The van der Waals surface area contributed by atoms with Crippen LogP contribution >= 0.6 is 15.9 Å². The fourth-order valence-electron chi connectivity index (χ4n) is 1.18. The predicted octanol–water partition coefficient (Wildman–Crippen LogP) is 2.14. The largest absolute Gasteiger partial charge is 0.449 e. The number of nitrogens with zero attached hydrogens (tertiary/aromatic N) is 2. The number of para-hydroxylation sites is 2. The van der Waals surface area contributed by atoms with Crippen LogP contribution in [0.2, 0.25) is 0 Å². The predicted molar refractivity (Wildman–Crippen MR) is 58.7 cm³/mol. The van der Waals surface area contributed by atoms with Crippen LogP contribution in [0, 0.1) is 0 Å². The Hall–Kier alpha value is -1.49. The van der Waals surface area contributed by atoms with Crippen molar-refractivity contribution < 1.29 is 9.53 Å². The van der Waals surface area contributed by atoms with E-state index in [-0.39, 0.29) is 11.2 Å². The number of hydrogen-bond donors (Lipinski definition) is 0. The van der Waals surface area contributed by atoms with E-state index < -0.39 is 5.97 Å². The molecule has 0 bridgehead atoms. The SMILES string of the molecule is O=C(OCBr)c1cnc2ccccc2n1. The number of fused-ring (bicyclic) bond motifs is 1. The second-order valence-corrected chi connectivity index (χ2v) is 3.24. The molecule has 0 unspecified atom stereocenters. The molecule has 1 heterocycles. The van der Waals surface area contributed by atoms with Crippen molar-refractivity contribution >= 4 is 32.9 Å². The molecule has 2 rings (SSSR count). The van der Waals surface area contributed by atoms with Crippen LogP contribution in [0.1, 0.15) is 10.5 Å². The molecular weight excluding hydrogens is 260 g/mol. The van der Waals surface area contributed by atoms with Crippen molar-refractivity contribution in [3.8, 4) is 0 Å². The van der Waals surface area contributed by atoms with Gasteiger partial charge < -0.3 is 4.74 Å². The van der Waals surface area contributed by atoms with Crippen LogP contribution in [0.5, 0.6) is 0 Å². The highest BCUT2D eigenvalue weighted by Crippen LogP contribution is 2.09. The van der Waals surface area contributed by atoms with E-state index >= 15 is 0 Å². The Morgan fingerprint density at radius 3 is 2.80 bits per heavy atom. The van der Waals surface area contributed by atoms with Gasteiger partial charge in [0.15, 0.2) is 5.69 Å². The summed E-state index contributed by atoms with van der Waals surface area (Å²) in [7, 11) is 0.